The Morgan fingerprint density at radius 2 is 1.24 bits per heavy atom. The van der Waals surface area contributed by atoms with Crippen LogP contribution in [0.2, 0.25) is 0 Å². The summed E-state index contributed by atoms with van der Waals surface area (Å²) in [6.07, 6.45) is 1.03. The number of hydrogen-bond acceptors (Lipinski definition) is 0. The van der Waals surface area contributed by atoms with E-state index in [4.69, 9.17) is 0 Å². The highest BCUT2D eigenvalue weighted by Crippen LogP contribution is 2.33. The van der Waals surface area contributed by atoms with Crippen LogP contribution in [0, 0.1) is 29.3 Å². The number of alkyl halides is 3. The molecule has 0 atom stereocenters. The highest BCUT2D eigenvalue weighted by molar-refractivity contribution is 5.91. The quantitative estimate of drug-likeness (QED) is 0.106. The number of benzene rings is 5. The molecule has 0 fully saturated rings. The Balaban J connectivity index is 1.41. The molecule has 0 aliphatic heterocycles. The van der Waals surface area contributed by atoms with Gasteiger partial charge in [-0.25, -0.2) is 13.2 Å². The van der Waals surface area contributed by atoms with E-state index in [1.807, 2.05) is 12.1 Å². The second kappa shape index (κ2) is 11.7. The van der Waals surface area contributed by atoms with Crippen LogP contribution in [0.15, 0.2) is 78.9 Å². The van der Waals surface area contributed by atoms with Crippen molar-refractivity contribution in [2.75, 3.05) is 0 Å². The van der Waals surface area contributed by atoms with Crippen molar-refractivity contribution in [2.24, 2.45) is 0 Å². The molecule has 0 saturated carbocycles. The molecule has 0 aromatic heterocycles. The molecule has 0 radical (unpaired) electrons. The summed E-state index contributed by atoms with van der Waals surface area (Å²) >= 11 is 0. The van der Waals surface area contributed by atoms with Crippen molar-refractivity contribution < 1.29 is 26.3 Å². The Morgan fingerprint density at radius 1 is 0.610 bits per heavy atom. The van der Waals surface area contributed by atoms with Gasteiger partial charge in [-0.05, 0) is 81.1 Å². The SMILES string of the molecule is CCCCCCc1ccc2cc(-c3ccc(-c4cc(F)c5c(F)c(C#CC(F)(F)F)c(F)cc5c4)cc3)ccc2c1. The second-order valence-electron chi connectivity index (χ2n) is 10.1. The van der Waals surface area contributed by atoms with Gasteiger partial charge >= 0.3 is 6.18 Å². The van der Waals surface area contributed by atoms with Crippen molar-refractivity contribution in [1.29, 1.82) is 0 Å². The summed E-state index contributed by atoms with van der Waals surface area (Å²) in [4.78, 5) is 0. The first-order chi connectivity index (χ1) is 19.6. The number of fused-ring (bicyclic) bond motifs is 2. The second-order valence-corrected chi connectivity index (χ2v) is 10.1. The van der Waals surface area contributed by atoms with Crippen molar-refractivity contribution in [3.63, 3.8) is 0 Å². The summed E-state index contributed by atoms with van der Waals surface area (Å²) in [6, 6.07) is 23.4. The molecule has 0 amide bonds. The summed E-state index contributed by atoms with van der Waals surface area (Å²) < 4.78 is 81.5. The Labute approximate surface area is 234 Å². The van der Waals surface area contributed by atoms with Crippen LogP contribution in [-0.4, -0.2) is 6.18 Å². The molecule has 6 heteroatoms. The zero-order chi connectivity index (χ0) is 29.1. The molecule has 0 saturated heterocycles. The number of unbranched alkanes of at least 4 members (excludes halogenated alkanes) is 3. The van der Waals surface area contributed by atoms with E-state index in [-0.39, 0.29) is 5.39 Å². The maximum Gasteiger partial charge on any atom is 0.458 e. The van der Waals surface area contributed by atoms with Crippen LogP contribution in [0.5, 0.6) is 0 Å². The van der Waals surface area contributed by atoms with E-state index < -0.39 is 34.6 Å². The van der Waals surface area contributed by atoms with Gasteiger partial charge in [0, 0.05) is 5.92 Å². The van der Waals surface area contributed by atoms with E-state index in [1.54, 1.807) is 12.1 Å². The van der Waals surface area contributed by atoms with Gasteiger partial charge in [-0.3, -0.25) is 0 Å². The minimum absolute atomic E-state index is 0.115. The van der Waals surface area contributed by atoms with Crippen molar-refractivity contribution >= 4 is 21.5 Å². The lowest BCUT2D eigenvalue weighted by molar-refractivity contribution is -0.0696. The lowest BCUT2D eigenvalue weighted by Crippen LogP contribution is -2.03. The van der Waals surface area contributed by atoms with Crippen LogP contribution in [0.4, 0.5) is 26.3 Å². The normalized spacial score (nSPS) is 11.6. The summed E-state index contributed by atoms with van der Waals surface area (Å²) in [7, 11) is 0. The largest absolute Gasteiger partial charge is 0.458 e. The fourth-order valence-corrected chi connectivity index (χ4v) is 5.07. The third-order valence-electron chi connectivity index (χ3n) is 7.19. The molecule has 5 aromatic carbocycles. The van der Waals surface area contributed by atoms with Crippen LogP contribution >= 0.6 is 0 Å². The van der Waals surface area contributed by atoms with Gasteiger partial charge in [0.25, 0.3) is 0 Å². The maximum atomic E-state index is 15.0. The van der Waals surface area contributed by atoms with E-state index >= 15 is 0 Å². The van der Waals surface area contributed by atoms with Gasteiger partial charge in [-0.1, -0.05) is 86.7 Å². The van der Waals surface area contributed by atoms with Gasteiger partial charge in [0.2, 0.25) is 0 Å². The van der Waals surface area contributed by atoms with Crippen molar-refractivity contribution in [3.05, 3.63) is 107 Å². The lowest BCUT2D eigenvalue weighted by Gasteiger charge is -2.10. The highest BCUT2D eigenvalue weighted by atomic mass is 19.4. The molecule has 0 spiro atoms. The van der Waals surface area contributed by atoms with E-state index in [0.29, 0.717) is 11.1 Å². The Hall–Kier alpha value is -4.24. The van der Waals surface area contributed by atoms with Gasteiger partial charge in [0.1, 0.15) is 11.6 Å². The molecule has 5 aromatic rings. The van der Waals surface area contributed by atoms with E-state index in [0.717, 1.165) is 41.0 Å². The highest BCUT2D eigenvalue weighted by Gasteiger charge is 2.24. The summed E-state index contributed by atoms with van der Waals surface area (Å²) in [6.45, 7) is 2.20. The molecule has 0 unspecified atom stereocenters. The van der Waals surface area contributed by atoms with Crippen LogP contribution in [-0.2, 0) is 6.42 Å². The lowest BCUT2D eigenvalue weighted by atomic mass is 9.95. The molecule has 41 heavy (non-hydrogen) atoms. The van der Waals surface area contributed by atoms with Crippen LogP contribution in [0.3, 0.4) is 0 Å². The zero-order valence-corrected chi connectivity index (χ0v) is 22.3. The molecule has 0 aliphatic rings. The molecule has 0 aliphatic carbocycles. The standard InChI is InChI=1S/C35H26F6/c1-2-3-4-5-6-22-7-8-27-18-26(14-13-25(27)17-22)23-9-11-24(12-10-23)28-19-29-21-31(36)30(15-16-35(39,40)41)34(38)33(29)32(37)20-28/h7-14,17-21H,2-6H2,1H3. The van der Waals surface area contributed by atoms with E-state index in [2.05, 4.69) is 43.3 Å². The predicted molar refractivity (Wildman–Crippen MR) is 153 cm³/mol. The number of rotatable bonds is 7. The first-order valence-corrected chi connectivity index (χ1v) is 13.5. The third-order valence-corrected chi connectivity index (χ3v) is 7.19. The van der Waals surface area contributed by atoms with Crippen LogP contribution in [0.25, 0.3) is 43.8 Å². The van der Waals surface area contributed by atoms with Crippen molar-refractivity contribution in [2.45, 2.75) is 45.2 Å². The molecule has 0 bridgehead atoms. The predicted octanol–water partition coefficient (Wildman–Crippen LogP) is 10.8. The average Bonchev–Trinajstić information content (AvgIpc) is 2.94. The molecule has 0 heterocycles. The Morgan fingerprint density at radius 3 is 1.95 bits per heavy atom. The van der Waals surface area contributed by atoms with Gasteiger partial charge in [0.05, 0.1) is 10.9 Å². The third kappa shape index (κ3) is 6.41. The van der Waals surface area contributed by atoms with Crippen LogP contribution < -0.4 is 0 Å². The Kier molecular flexibility index (Phi) is 8.08. The van der Waals surface area contributed by atoms with E-state index in [9.17, 15) is 26.3 Å². The van der Waals surface area contributed by atoms with Gasteiger partial charge in [-0.2, -0.15) is 13.2 Å². The van der Waals surface area contributed by atoms with Gasteiger partial charge in [0.15, 0.2) is 5.82 Å². The van der Waals surface area contributed by atoms with Gasteiger partial charge in [-0.15, -0.1) is 0 Å². The minimum atomic E-state index is -4.94. The first-order valence-electron chi connectivity index (χ1n) is 13.5. The van der Waals surface area contributed by atoms with E-state index in [1.165, 1.54) is 48.6 Å². The smallest absolute Gasteiger partial charge is 0.206 e. The molecule has 0 nitrogen and oxygen atoms in total. The van der Waals surface area contributed by atoms with Crippen LogP contribution in [0.1, 0.15) is 43.7 Å². The zero-order valence-electron chi connectivity index (χ0n) is 22.3. The van der Waals surface area contributed by atoms with Crippen molar-refractivity contribution in [3.8, 4) is 34.1 Å². The van der Waals surface area contributed by atoms with Crippen molar-refractivity contribution in [1.82, 2.24) is 0 Å². The average molecular weight is 561 g/mol. The first kappa shape index (κ1) is 28.3. The number of aryl methyl sites for hydroxylation is 1. The molecule has 5 rings (SSSR count). The molecule has 208 valence electrons. The molecular formula is C35H26F6. The summed E-state index contributed by atoms with van der Waals surface area (Å²) in [5.74, 6) is -1.50. The topological polar surface area (TPSA) is 0 Å². The fourth-order valence-electron chi connectivity index (χ4n) is 5.07. The number of halogens is 6. The number of hydrogen-bond donors (Lipinski definition) is 0. The fraction of sp³-hybridized carbons (Fsp3) is 0.200. The molecule has 0 N–H and O–H groups in total. The Bertz CT molecular complexity index is 1790. The monoisotopic (exact) mass is 560 g/mol. The van der Waals surface area contributed by atoms with Gasteiger partial charge < -0.3 is 0 Å². The molecular weight excluding hydrogens is 534 g/mol. The summed E-state index contributed by atoms with van der Waals surface area (Å²) in [5.41, 5.74) is 3.17. The summed E-state index contributed by atoms with van der Waals surface area (Å²) in [5, 5.41) is 1.58. The minimum Gasteiger partial charge on any atom is -0.206 e. The maximum absolute atomic E-state index is 15.0.